The fourth-order valence-electron chi connectivity index (χ4n) is 4.79. The van der Waals surface area contributed by atoms with E-state index < -0.39 is 0 Å². The molecule has 2 aromatic carbocycles. The van der Waals surface area contributed by atoms with Gasteiger partial charge in [0.2, 0.25) is 0 Å². The second kappa shape index (κ2) is 9.49. The number of benzene rings is 2. The van der Waals surface area contributed by atoms with Crippen molar-refractivity contribution in [2.24, 2.45) is 7.05 Å². The third-order valence-corrected chi connectivity index (χ3v) is 7.14. The van der Waals surface area contributed by atoms with Gasteiger partial charge in [-0.25, -0.2) is 0 Å². The molecule has 5 rings (SSSR count). The van der Waals surface area contributed by atoms with E-state index >= 15 is 0 Å². The summed E-state index contributed by atoms with van der Waals surface area (Å²) in [5.41, 5.74) is 6.91. The van der Waals surface area contributed by atoms with Crippen LogP contribution in [0.3, 0.4) is 0 Å². The van der Waals surface area contributed by atoms with Crippen LogP contribution in [0.4, 0.5) is 11.4 Å². The summed E-state index contributed by atoms with van der Waals surface area (Å²) in [6.45, 7) is 6.78. The second-order valence-corrected chi connectivity index (χ2v) is 9.64. The number of aliphatic hydroxyl groups is 1. The highest BCUT2D eigenvalue weighted by molar-refractivity contribution is 6.35. The van der Waals surface area contributed by atoms with Gasteiger partial charge >= 0.3 is 0 Å². The van der Waals surface area contributed by atoms with Crippen LogP contribution in [0.15, 0.2) is 48.9 Å². The van der Waals surface area contributed by atoms with Crippen LogP contribution in [-0.2, 0) is 20.2 Å². The fourth-order valence-corrected chi connectivity index (χ4v) is 5.08. The van der Waals surface area contributed by atoms with E-state index in [0.29, 0.717) is 16.8 Å². The number of aliphatic hydroxyl groups excluding tert-OH is 1. The molecule has 0 saturated carbocycles. The quantitative estimate of drug-likeness (QED) is 0.416. The highest BCUT2D eigenvalue weighted by Gasteiger charge is 2.27. The number of ether oxygens (including phenoxy) is 1. The van der Waals surface area contributed by atoms with Crippen molar-refractivity contribution in [3.05, 3.63) is 65.1 Å². The first kappa shape index (κ1) is 23.6. The van der Waals surface area contributed by atoms with E-state index in [1.54, 1.807) is 17.9 Å². The van der Waals surface area contributed by atoms with Gasteiger partial charge in [0.25, 0.3) is 0 Å². The highest BCUT2D eigenvalue weighted by Crippen LogP contribution is 2.43. The average molecular weight is 492 g/mol. The Bertz CT molecular complexity index is 1380. The van der Waals surface area contributed by atoms with Crippen LogP contribution in [0, 0.1) is 0 Å². The summed E-state index contributed by atoms with van der Waals surface area (Å²) in [6, 6.07) is 10.5. The number of hydrogen-bond acceptors (Lipinski definition) is 6. The number of rotatable bonds is 5. The predicted octanol–water partition coefficient (Wildman–Crippen LogP) is 5.15. The Morgan fingerprint density at radius 2 is 1.91 bits per heavy atom. The molecule has 1 N–H and O–H groups in total. The topological polar surface area (TPSA) is 66.7 Å². The maximum absolute atomic E-state index is 9.88. The van der Waals surface area contributed by atoms with E-state index in [9.17, 15) is 5.11 Å². The minimum atomic E-state index is -0.0878. The molecule has 1 aliphatic rings. The van der Waals surface area contributed by atoms with Gasteiger partial charge in [-0.1, -0.05) is 11.6 Å². The minimum absolute atomic E-state index is 0.0878. The molecule has 0 fully saturated rings. The molecule has 182 valence electrons. The molecule has 1 aliphatic heterocycles. The number of anilines is 2. The van der Waals surface area contributed by atoms with Crippen LogP contribution in [0.2, 0.25) is 5.02 Å². The Morgan fingerprint density at radius 1 is 1.09 bits per heavy atom. The molecule has 8 heteroatoms. The molecule has 0 saturated heterocycles. The number of pyridine rings is 1. The molecular formula is C27H30ClN5O2. The minimum Gasteiger partial charge on any atom is -0.495 e. The van der Waals surface area contributed by atoms with E-state index in [1.165, 1.54) is 5.56 Å². The lowest BCUT2D eigenvalue weighted by Gasteiger charge is -2.28. The summed E-state index contributed by atoms with van der Waals surface area (Å²) >= 11 is 6.83. The average Bonchev–Trinajstić information content (AvgIpc) is 3.19. The molecule has 0 spiro atoms. The van der Waals surface area contributed by atoms with Crippen LogP contribution >= 0.6 is 11.6 Å². The van der Waals surface area contributed by atoms with Gasteiger partial charge in [0, 0.05) is 67.3 Å². The summed E-state index contributed by atoms with van der Waals surface area (Å²) in [5, 5.41) is 15.9. The predicted molar refractivity (Wildman–Crippen MR) is 140 cm³/mol. The molecule has 0 aliphatic carbocycles. The van der Waals surface area contributed by atoms with E-state index in [1.807, 2.05) is 31.7 Å². The first-order valence-electron chi connectivity index (χ1n) is 11.8. The maximum Gasteiger partial charge on any atom is 0.139 e. The monoisotopic (exact) mass is 491 g/mol. The van der Waals surface area contributed by atoms with Gasteiger partial charge < -0.3 is 14.7 Å². The van der Waals surface area contributed by atoms with E-state index in [2.05, 4.69) is 46.9 Å². The Labute approximate surface area is 210 Å². The number of methoxy groups -OCH3 is 1. The Balaban J connectivity index is 1.73. The van der Waals surface area contributed by atoms with Crippen LogP contribution in [0.25, 0.3) is 22.0 Å². The molecule has 0 unspecified atom stereocenters. The molecular weight excluding hydrogens is 462 g/mol. The highest BCUT2D eigenvalue weighted by atomic mass is 35.5. The molecule has 0 radical (unpaired) electrons. The van der Waals surface area contributed by atoms with Crippen molar-refractivity contribution < 1.29 is 9.84 Å². The van der Waals surface area contributed by atoms with Gasteiger partial charge in [0.05, 0.1) is 31.1 Å². The molecule has 4 aromatic rings. The number of fused-ring (bicyclic) bond motifs is 3. The molecule has 0 atom stereocenters. The SMILES string of the molecule is COc1cc(CO)cc(N2CCN(C(C)C)Cc3c2ccc2ncc(-c4cnn(C)c4)cc32)c1Cl. The van der Waals surface area contributed by atoms with Crippen molar-refractivity contribution in [2.75, 3.05) is 25.1 Å². The first-order chi connectivity index (χ1) is 16.9. The molecule has 35 heavy (non-hydrogen) atoms. The third-order valence-electron chi connectivity index (χ3n) is 6.76. The largest absolute Gasteiger partial charge is 0.495 e. The van der Waals surface area contributed by atoms with Crippen molar-refractivity contribution in [3.63, 3.8) is 0 Å². The van der Waals surface area contributed by atoms with Crippen LogP contribution in [0.5, 0.6) is 5.75 Å². The standard InChI is InChI=1S/C27H30ClN5O2/c1-17(2)32-7-8-33(25-9-18(16-34)10-26(35-4)27(25)28)24-6-5-23-21(22(24)15-32)11-19(12-29-23)20-13-30-31(3)14-20/h5-6,9-14,17,34H,7-8,15-16H2,1-4H3. The van der Waals surface area contributed by atoms with Gasteiger partial charge in [0.1, 0.15) is 10.8 Å². The van der Waals surface area contributed by atoms with Gasteiger partial charge in [0.15, 0.2) is 0 Å². The van der Waals surface area contributed by atoms with Crippen molar-refractivity contribution in [2.45, 2.75) is 33.0 Å². The van der Waals surface area contributed by atoms with E-state index in [0.717, 1.165) is 58.6 Å². The lowest BCUT2D eigenvalue weighted by atomic mass is 10.0. The Morgan fingerprint density at radius 3 is 2.60 bits per heavy atom. The fraction of sp³-hybridized carbons (Fsp3) is 0.333. The normalized spacial score (nSPS) is 14.4. The van der Waals surface area contributed by atoms with Crippen molar-refractivity contribution >= 4 is 33.9 Å². The molecule has 0 amide bonds. The molecule has 2 aromatic heterocycles. The number of hydrogen-bond donors (Lipinski definition) is 1. The van der Waals surface area contributed by atoms with E-state index in [4.69, 9.17) is 21.3 Å². The van der Waals surface area contributed by atoms with Gasteiger partial charge in [-0.3, -0.25) is 14.6 Å². The lowest BCUT2D eigenvalue weighted by molar-refractivity contribution is 0.224. The maximum atomic E-state index is 9.88. The van der Waals surface area contributed by atoms with E-state index in [-0.39, 0.29) is 6.61 Å². The molecule has 7 nitrogen and oxygen atoms in total. The molecule has 0 bridgehead atoms. The van der Waals surface area contributed by atoms with Crippen molar-refractivity contribution in [1.82, 2.24) is 19.7 Å². The van der Waals surface area contributed by atoms with Crippen LogP contribution < -0.4 is 9.64 Å². The van der Waals surface area contributed by atoms with Crippen LogP contribution in [0.1, 0.15) is 25.0 Å². The first-order valence-corrected chi connectivity index (χ1v) is 12.2. The third kappa shape index (κ3) is 4.35. The summed E-state index contributed by atoms with van der Waals surface area (Å²) in [4.78, 5) is 9.51. The van der Waals surface area contributed by atoms with Gasteiger partial charge in [-0.15, -0.1) is 0 Å². The van der Waals surface area contributed by atoms with Crippen LogP contribution in [-0.4, -0.2) is 51.0 Å². The van der Waals surface area contributed by atoms with Gasteiger partial charge in [-0.05, 0) is 55.3 Å². The number of aryl methyl sites for hydroxylation is 1. The van der Waals surface area contributed by atoms with Crippen molar-refractivity contribution in [1.29, 1.82) is 0 Å². The van der Waals surface area contributed by atoms with Gasteiger partial charge in [-0.2, -0.15) is 5.10 Å². The summed E-state index contributed by atoms with van der Waals surface area (Å²) < 4.78 is 7.34. The number of halogens is 1. The summed E-state index contributed by atoms with van der Waals surface area (Å²) in [6.07, 6.45) is 5.78. The van der Waals surface area contributed by atoms with Crippen molar-refractivity contribution in [3.8, 4) is 16.9 Å². The summed E-state index contributed by atoms with van der Waals surface area (Å²) in [5.74, 6) is 0.557. The smallest absolute Gasteiger partial charge is 0.139 e. The number of aromatic nitrogens is 3. The zero-order chi connectivity index (χ0) is 24.7. The Kier molecular flexibility index (Phi) is 6.40. The molecule has 3 heterocycles. The second-order valence-electron chi connectivity index (χ2n) is 9.26. The Hall–Kier alpha value is -3.13. The lowest BCUT2D eigenvalue weighted by Crippen LogP contribution is -2.34. The summed E-state index contributed by atoms with van der Waals surface area (Å²) in [7, 11) is 3.52. The zero-order valence-electron chi connectivity index (χ0n) is 20.5. The number of nitrogens with zero attached hydrogens (tertiary/aromatic N) is 5. The zero-order valence-corrected chi connectivity index (χ0v) is 21.3.